The molecule has 3 rings (SSSR count). The molecule has 94 valence electrons. The topological polar surface area (TPSA) is 40.6 Å². The molecule has 0 unspecified atom stereocenters. The average molecular weight is 248 g/mol. The van der Waals surface area contributed by atoms with Gasteiger partial charge in [0.2, 0.25) is 5.91 Å². The van der Waals surface area contributed by atoms with Crippen molar-refractivity contribution in [2.75, 3.05) is 11.4 Å². The Morgan fingerprint density at radius 3 is 2.39 bits per heavy atom. The third-order valence-electron chi connectivity index (χ3n) is 3.33. The van der Waals surface area contributed by atoms with Crippen LogP contribution in [0.1, 0.15) is 19.3 Å². The number of anilines is 1. The molecule has 1 saturated carbocycles. The molecule has 1 aliphatic heterocycles. The molecule has 1 aromatic carbocycles. The van der Waals surface area contributed by atoms with Gasteiger partial charge >= 0.3 is 6.03 Å². The molecule has 0 atom stereocenters. The van der Waals surface area contributed by atoms with Crippen molar-refractivity contribution in [1.29, 1.82) is 0 Å². The smallest absolute Gasteiger partial charge is 0.320 e. The largest absolute Gasteiger partial charge is 0.331 e. The highest BCUT2D eigenvalue weighted by molar-refractivity contribution is 6.15. The van der Waals surface area contributed by atoms with Crippen molar-refractivity contribution in [3.05, 3.63) is 30.1 Å². The number of nitrogens with zero attached hydrogens (tertiary/aromatic N) is 2. The van der Waals surface area contributed by atoms with E-state index in [1.54, 1.807) is 4.90 Å². The van der Waals surface area contributed by atoms with Gasteiger partial charge in [0.25, 0.3) is 0 Å². The molecule has 1 aliphatic carbocycles. The van der Waals surface area contributed by atoms with Crippen molar-refractivity contribution < 1.29 is 14.0 Å². The van der Waals surface area contributed by atoms with Crippen molar-refractivity contribution in [2.45, 2.75) is 25.3 Å². The summed E-state index contributed by atoms with van der Waals surface area (Å²) < 4.78 is 12.9. The molecule has 1 aromatic rings. The molecule has 0 spiro atoms. The molecule has 0 N–H and O–H groups in total. The maximum Gasteiger partial charge on any atom is 0.331 e. The lowest BCUT2D eigenvalue weighted by Crippen LogP contribution is -2.53. The van der Waals surface area contributed by atoms with Crippen LogP contribution in [0.25, 0.3) is 0 Å². The Labute approximate surface area is 104 Å². The van der Waals surface area contributed by atoms with E-state index in [2.05, 4.69) is 0 Å². The van der Waals surface area contributed by atoms with Crippen LogP contribution in [0.4, 0.5) is 14.9 Å². The van der Waals surface area contributed by atoms with Crippen LogP contribution in [0.15, 0.2) is 24.3 Å². The van der Waals surface area contributed by atoms with Crippen molar-refractivity contribution in [3.63, 3.8) is 0 Å². The fraction of sp³-hybridized carbons (Fsp3) is 0.385. The molecule has 3 amide bonds. The van der Waals surface area contributed by atoms with E-state index in [0.717, 1.165) is 17.7 Å². The molecular formula is C13H13FN2O2. The number of carbonyl (C=O) groups excluding carboxylic acids is 2. The van der Waals surface area contributed by atoms with E-state index in [0.29, 0.717) is 18.7 Å². The second kappa shape index (κ2) is 4.08. The molecule has 0 aromatic heterocycles. The lowest BCUT2D eigenvalue weighted by atomic mass is 10.2. The first-order valence-electron chi connectivity index (χ1n) is 6.06. The van der Waals surface area contributed by atoms with E-state index in [4.69, 9.17) is 0 Å². The molecule has 1 heterocycles. The first-order valence-corrected chi connectivity index (χ1v) is 6.06. The van der Waals surface area contributed by atoms with Crippen LogP contribution in [-0.2, 0) is 4.79 Å². The fourth-order valence-electron chi connectivity index (χ4n) is 2.23. The van der Waals surface area contributed by atoms with Gasteiger partial charge in [-0.2, -0.15) is 0 Å². The summed E-state index contributed by atoms with van der Waals surface area (Å²) in [6.45, 7) is 0.500. The number of hydrogen-bond acceptors (Lipinski definition) is 2. The zero-order chi connectivity index (χ0) is 12.7. The van der Waals surface area contributed by atoms with E-state index in [1.807, 2.05) is 0 Å². The molecule has 18 heavy (non-hydrogen) atoms. The Morgan fingerprint density at radius 1 is 1.11 bits per heavy atom. The standard InChI is InChI=1S/C13H13FN2O2/c14-9-1-3-11(4-2-9)16-12(17)7-8-15(13(16)18)10-5-6-10/h1-4,10H,5-8H2. The maximum atomic E-state index is 12.9. The SMILES string of the molecule is O=C1CCN(C2CC2)C(=O)N1c1ccc(F)cc1. The summed E-state index contributed by atoms with van der Waals surface area (Å²) in [4.78, 5) is 27.0. The Hall–Kier alpha value is -1.91. The minimum atomic E-state index is -0.380. The van der Waals surface area contributed by atoms with Crippen LogP contribution in [0.5, 0.6) is 0 Å². The summed E-state index contributed by atoms with van der Waals surface area (Å²) in [5.74, 6) is -0.599. The van der Waals surface area contributed by atoms with Gasteiger partial charge in [0.1, 0.15) is 5.82 Å². The van der Waals surface area contributed by atoms with E-state index < -0.39 is 0 Å². The van der Waals surface area contributed by atoms with Crippen molar-refractivity contribution in [2.24, 2.45) is 0 Å². The monoisotopic (exact) mass is 248 g/mol. The molecule has 4 nitrogen and oxygen atoms in total. The normalized spacial score (nSPS) is 20.5. The lowest BCUT2D eigenvalue weighted by Gasteiger charge is -2.34. The average Bonchev–Trinajstić information content (AvgIpc) is 3.16. The number of urea groups is 1. The van der Waals surface area contributed by atoms with Crippen LogP contribution >= 0.6 is 0 Å². The van der Waals surface area contributed by atoms with Crippen molar-refractivity contribution >= 4 is 17.6 Å². The second-order valence-corrected chi connectivity index (χ2v) is 4.66. The highest BCUT2D eigenvalue weighted by atomic mass is 19.1. The van der Waals surface area contributed by atoms with Gasteiger partial charge in [-0.15, -0.1) is 0 Å². The first-order chi connectivity index (χ1) is 8.66. The molecule has 5 heteroatoms. The fourth-order valence-corrected chi connectivity index (χ4v) is 2.23. The highest BCUT2D eigenvalue weighted by Crippen LogP contribution is 2.31. The van der Waals surface area contributed by atoms with E-state index in [1.165, 1.54) is 24.3 Å². The Morgan fingerprint density at radius 2 is 1.78 bits per heavy atom. The Balaban J connectivity index is 1.89. The number of amides is 3. The van der Waals surface area contributed by atoms with Gasteiger partial charge in [0, 0.05) is 19.0 Å². The van der Waals surface area contributed by atoms with Crippen LogP contribution in [0.2, 0.25) is 0 Å². The number of halogens is 1. The third-order valence-corrected chi connectivity index (χ3v) is 3.33. The predicted octanol–water partition coefficient (Wildman–Crippen LogP) is 2.15. The third kappa shape index (κ3) is 1.85. The maximum absolute atomic E-state index is 12.9. The van der Waals surface area contributed by atoms with Gasteiger partial charge in [-0.25, -0.2) is 14.1 Å². The van der Waals surface area contributed by atoms with E-state index >= 15 is 0 Å². The van der Waals surface area contributed by atoms with Gasteiger partial charge < -0.3 is 4.90 Å². The summed E-state index contributed by atoms with van der Waals surface area (Å²) >= 11 is 0. The van der Waals surface area contributed by atoms with Crippen LogP contribution in [0.3, 0.4) is 0 Å². The summed E-state index contributed by atoms with van der Waals surface area (Å²) in [5, 5.41) is 0. The quantitative estimate of drug-likeness (QED) is 0.804. The zero-order valence-corrected chi connectivity index (χ0v) is 9.80. The van der Waals surface area contributed by atoms with Crippen molar-refractivity contribution in [1.82, 2.24) is 4.90 Å². The van der Waals surface area contributed by atoms with Gasteiger partial charge in [-0.1, -0.05) is 0 Å². The Kier molecular flexibility index (Phi) is 2.54. The van der Waals surface area contributed by atoms with Crippen LogP contribution < -0.4 is 4.90 Å². The molecule has 0 radical (unpaired) electrons. The Bertz CT molecular complexity index is 496. The van der Waals surface area contributed by atoms with Crippen LogP contribution in [-0.4, -0.2) is 29.4 Å². The van der Waals surface area contributed by atoms with Crippen molar-refractivity contribution in [3.8, 4) is 0 Å². The molecule has 2 fully saturated rings. The molecule has 0 bridgehead atoms. The minimum Gasteiger partial charge on any atom is -0.320 e. The molecular weight excluding hydrogens is 235 g/mol. The lowest BCUT2D eigenvalue weighted by molar-refractivity contribution is -0.119. The summed E-state index contributed by atoms with van der Waals surface area (Å²) in [7, 11) is 0. The first kappa shape index (κ1) is 11.2. The number of rotatable bonds is 2. The highest BCUT2D eigenvalue weighted by Gasteiger charge is 2.40. The minimum absolute atomic E-state index is 0.219. The van der Waals surface area contributed by atoms with Gasteiger partial charge in [0.15, 0.2) is 0 Å². The predicted molar refractivity (Wildman–Crippen MR) is 63.6 cm³/mol. The summed E-state index contributed by atoms with van der Waals surface area (Å²) in [6.07, 6.45) is 2.36. The second-order valence-electron chi connectivity index (χ2n) is 4.66. The van der Waals surface area contributed by atoms with Gasteiger partial charge in [-0.05, 0) is 37.1 Å². The summed E-state index contributed by atoms with van der Waals surface area (Å²) in [6, 6.07) is 5.44. The van der Waals surface area contributed by atoms with Crippen LogP contribution in [0, 0.1) is 5.82 Å². The van der Waals surface area contributed by atoms with E-state index in [9.17, 15) is 14.0 Å². The number of hydrogen-bond donors (Lipinski definition) is 0. The molecule has 1 saturated heterocycles. The number of benzene rings is 1. The zero-order valence-electron chi connectivity index (χ0n) is 9.80. The molecule has 2 aliphatic rings. The number of carbonyl (C=O) groups is 2. The summed E-state index contributed by atoms with van der Waals surface area (Å²) in [5.41, 5.74) is 0.441. The van der Waals surface area contributed by atoms with Gasteiger partial charge in [-0.3, -0.25) is 4.79 Å². The number of imide groups is 1. The van der Waals surface area contributed by atoms with Gasteiger partial charge in [0.05, 0.1) is 5.69 Å². The van der Waals surface area contributed by atoms with E-state index in [-0.39, 0.29) is 23.8 Å².